The number of anilines is 2. The van der Waals surface area contributed by atoms with E-state index in [9.17, 15) is 8.42 Å². The number of sulfonamides is 1. The summed E-state index contributed by atoms with van der Waals surface area (Å²) in [7, 11) is -3.19. The van der Waals surface area contributed by atoms with Crippen LogP contribution < -0.4 is 10.0 Å². The van der Waals surface area contributed by atoms with Crippen LogP contribution in [0.2, 0.25) is 0 Å². The Morgan fingerprint density at radius 1 is 1.50 bits per heavy atom. The average Bonchev–Trinajstić information content (AvgIpc) is 3.04. The third kappa shape index (κ3) is 1.64. The Balaban J connectivity index is 1.87. The van der Waals surface area contributed by atoms with E-state index in [1.807, 2.05) is 0 Å². The fourth-order valence-electron chi connectivity index (χ4n) is 1.87. The molecule has 16 heavy (non-hydrogen) atoms. The van der Waals surface area contributed by atoms with Crippen molar-refractivity contribution >= 4 is 21.5 Å². The number of aryl methyl sites for hydroxylation is 1. The van der Waals surface area contributed by atoms with E-state index in [0.29, 0.717) is 5.69 Å². The standard InChI is InChI=1S/C9H14N4O2S/c14-16(15,7-2-3-7)12-8-6-11-13-5-1-4-10-9(8)13/h6-7,10,12H,1-5H2. The topological polar surface area (TPSA) is 76.0 Å². The Kier molecular flexibility index (Phi) is 2.10. The van der Waals surface area contributed by atoms with Gasteiger partial charge in [0, 0.05) is 13.1 Å². The van der Waals surface area contributed by atoms with Crippen molar-refractivity contribution in [3.05, 3.63) is 6.20 Å². The van der Waals surface area contributed by atoms with Gasteiger partial charge in [-0.2, -0.15) is 5.10 Å². The first-order valence-corrected chi connectivity index (χ1v) is 7.03. The lowest BCUT2D eigenvalue weighted by molar-refractivity contribution is 0.568. The summed E-state index contributed by atoms with van der Waals surface area (Å²) in [6.45, 7) is 1.71. The Labute approximate surface area is 94.1 Å². The van der Waals surface area contributed by atoms with E-state index in [4.69, 9.17) is 0 Å². The first-order chi connectivity index (χ1) is 7.67. The molecule has 7 heteroatoms. The van der Waals surface area contributed by atoms with Gasteiger partial charge in [0.1, 0.15) is 11.5 Å². The Hall–Kier alpha value is -1.24. The number of hydrogen-bond donors (Lipinski definition) is 2. The van der Waals surface area contributed by atoms with Crippen molar-refractivity contribution in [2.24, 2.45) is 0 Å². The summed E-state index contributed by atoms with van der Waals surface area (Å²) < 4.78 is 28.0. The molecule has 0 atom stereocenters. The van der Waals surface area contributed by atoms with Crippen LogP contribution in [-0.4, -0.2) is 30.0 Å². The molecule has 3 rings (SSSR count). The maximum absolute atomic E-state index is 11.8. The van der Waals surface area contributed by atoms with Gasteiger partial charge < -0.3 is 5.32 Å². The Morgan fingerprint density at radius 3 is 3.06 bits per heavy atom. The van der Waals surface area contributed by atoms with E-state index in [-0.39, 0.29) is 5.25 Å². The summed E-state index contributed by atoms with van der Waals surface area (Å²) in [4.78, 5) is 0. The smallest absolute Gasteiger partial charge is 0.235 e. The summed E-state index contributed by atoms with van der Waals surface area (Å²) in [5.41, 5.74) is 0.576. The Bertz CT molecular complexity index is 504. The van der Waals surface area contributed by atoms with Gasteiger partial charge in [-0.15, -0.1) is 0 Å². The molecule has 1 saturated carbocycles. The number of fused-ring (bicyclic) bond motifs is 1. The minimum Gasteiger partial charge on any atom is -0.368 e. The molecule has 0 amide bonds. The predicted molar refractivity (Wildman–Crippen MR) is 60.9 cm³/mol. The van der Waals surface area contributed by atoms with Crippen molar-refractivity contribution in [1.82, 2.24) is 9.78 Å². The van der Waals surface area contributed by atoms with Crippen LogP contribution in [0.1, 0.15) is 19.3 Å². The number of aromatic nitrogens is 2. The van der Waals surface area contributed by atoms with E-state index >= 15 is 0 Å². The van der Waals surface area contributed by atoms with Gasteiger partial charge >= 0.3 is 0 Å². The monoisotopic (exact) mass is 242 g/mol. The molecule has 0 bridgehead atoms. The minimum absolute atomic E-state index is 0.202. The summed E-state index contributed by atoms with van der Waals surface area (Å²) in [5, 5.41) is 7.11. The molecule has 0 aromatic carbocycles. The van der Waals surface area contributed by atoms with Crippen molar-refractivity contribution in [2.75, 3.05) is 16.6 Å². The SMILES string of the molecule is O=S(=O)(Nc1cnn2c1NCCC2)C1CC1. The lowest BCUT2D eigenvalue weighted by atomic mass is 10.3. The second-order valence-corrected chi connectivity index (χ2v) is 6.22. The zero-order chi connectivity index (χ0) is 11.2. The van der Waals surface area contributed by atoms with Crippen LogP contribution in [0.3, 0.4) is 0 Å². The van der Waals surface area contributed by atoms with Gasteiger partial charge in [0.05, 0.1) is 11.4 Å². The molecule has 6 nitrogen and oxygen atoms in total. The van der Waals surface area contributed by atoms with E-state index in [0.717, 1.165) is 38.2 Å². The van der Waals surface area contributed by atoms with Gasteiger partial charge in [0.15, 0.2) is 0 Å². The van der Waals surface area contributed by atoms with Gasteiger partial charge in [-0.25, -0.2) is 13.1 Å². The third-order valence-corrected chi connectivity index (χ3v) is 4.75. The van der Waals surface area contributed by atoms with Crippen LogP contribution in [-0.2, 0) is 16.6 Å². The van der Waals surface area contributed by atoms with Crippen LogP contribution in [0.15, 0.2) is 6.20 Å². The van der Waals surface area contributed by atoms with Gasteiger partial charge in [0.2, 0.25) is 10.0 Å². The highest BCUT2D eigenvalue weighted by atomic mass is 32.2. The molecule has 1 aliphatic carbocycles. The first-order valence-electron chi connectivity index (χ1n) is 5.48. The number of nitrogens with zero attached hydrogens (tertiary/aromatic N) is 2. The molecule has 0 saturated heterocycles. The molecule has 88 valence electrons. The maximum Gasteiger partial charge on any atom is 0.235 e. The van der Waals surface area contributed by atoms with Crippen molar-refractivity contribution < 1.29 is 8.42 Å². The number of nitrogens with one attached hydrogen (secondary N) is 2. The quantitative estimate of drug-likeness (QED) is 0.814. The average molecular weight is 242 g/mol. The van der Waals surface area contributed by atoms with Crippen molar-refractivity contribution in [3.63, 3.8) is 0 Å². The molecule has 1 aliphatic heterocycles. The molecular weight excluding hydrogens is 228 g/mol. The zero-order valence-corrected chi connectivity index (χ0v) is 9.63. The molecule has 1 aromatic heterocycles. The lowest BCUT2D eigenvalue weighted by Crippen LogP contribution is -2.21. The maximum atomic E-state index is 11.8. The molecule has 2 N–H and O–H groups in total. The molecular formula is C9H14N4O2S. The first kappa shape index (κ1) is 9.95. The van der Waals surface area contributed by atoms with Gasteiger partial charge in [-0.1, -0.05) is 0 Å². The largest absolute Gasteiger partial charge is 0.368 e. The van der Waals surface area contributed by atoms with E-state index < -0.39 is 10.0 Å². The highest BCUT2D eigenvalue weighted by Crippen LogP contribution is 2.32. The molecule has 0 unspecified atom stereocenters. The molecule has 0 radical (unpaired) electrons. The normalized spacial score (nSPS) is 20.0. The summed E-state index contributed by atoms with van der Waals surface area (Å²) in [5.74, 6) is 0.787. The van der Waals surface area contributed by atoms with Gasteiger partial charge in [-0.3, -0.25) is 4.72 Å². The van der Waals surface area contributed by atoms with E-state index in [2.05, 4.69) is 15.1 Å². The van der Waals surface area contributed by atoms with Crippen LogP contribution in [0.5, 0.6) is 0 Å². The van der Waals surface area contributed by atoms with E-state index in [1.165, 1.54) is 0 Å². The van der Waals surface area contributed by atoms with Crippen molar-refractivity contribution in [2.45, 2.75) is 31.1 Å². The number of hydrogen-bond acceptors (Lipinski definition) is 4. The Morgan fingerprint density at radius 2 is 2.31 bits per heavy atom. The van der Waals surface area contributed by atoms with E-state index in [1.54, 1.807) is 10.9 Å². The van der Waals surface area contributed by atoms with Crippen LogP contribution in [0, 0.1) is 0 Å². The fraction of sp³-hybridized carbons (Fsp3) is 0.667. The highest BCUT2D eigenvalue weighted by Gasteiger charge is 2.36. The summed E-state index contributed by atoms with van der Waals surface area (Å²) in [6, 6.07) is 0. The summed E-state index contributed by atoms with van der Waals surface area (Å²) in [6.07, 6.45) is 4.13. The molecule has 2 aliphatic rings. The van der Waals surface area contributed by atoms with Gasteiger partial charge in [-0.05, 0) is 19.3 Å². The predicted octanol–water partition coefficient (Wildman–Crippen LogP) is 0.603. The van der Waals surface area contributed by atoms with Crippen LogP contribution in [0.25, 0.3) is 0 Å². The zero-order valence-electron chi connectivity index (χ0n) is 8.81. The lowest BCUT2D eigenvalue weighted by Gasteiger charge is -2.17. The van der Waals surface area contributed by atoms with Crippen LogP contribution >= 0.6 is 0 Å². The minimum atomic E-state index is -3.19. The third-order valence-electron chi connectivity index (χ3n) is 2.89. The van der Waals surface area contributed by atoms with Crippen molar-refractivity contribution in [3.8, 4) is 0 Å². The second kappa shape index (κ2) is 3.38. The molecule has 1 fully saturated rings. The molecule has 0 spiro atoms. The highest BCUT2D eigenvalue weighted by molar-refractivity contribution is 7.93. The van der Waals surface area contributed by atoms with Crippen molar-refractivity contribution in [1.29, 1.82) is 0 Å². The second-order valence-electron chi connectivity index (χ2n) is 4.26. The van der Waals surface area contributed by atoms with Gasteiger partial charge in [0.25, 0.3) is 0 Å². The fourth-order valence-corrected chi connectivity index (χ4v) is 3.25. The number of rotatable bonds is 3. The summed E-state index contributed by atoms with van der Waals surface area (Å²) >= 11 is 0. The molecule has 2 heterocycles. The van der Waals surface area contributed by atoms with Crippen LogP contribution in [0.4, 0.5) is 11.5 Å². The molecule has 1 aromatic rings.